The third-order valence-corrected chi connectivity index (χ3v) is 5.84. The molecule has 5 nitrogen and oxygen atoms in total. The zero-order chi connectivity index (χ0) is 17.7. The van der Waals surface area contributed by atoms with Gasteiger partial charge in [0.05, 0.1) is 11.8 Å². The maximum atomic E-state index is 12.6. The summed E-state index contributed by atoms with van der Waals surface area (Å²) < 4.78 is 0. The molecule has 2 aliphatic carbocycles. The number of fused-ring (bicyclic) bond motifs is 5. The number of likely N-dealkylation sites (tertiary alicyclic amines) is 1. The number of rotatable bonds is 4. The van der Waals surface area contributed by atoms with Crippen molar-refractivity contribution in [3.8, 4) is 0 Å². The molecule has 2 fully saturated rings. The Bertz CT molecular complexity index is 768. The Labute approximate surface area is 147 Å². The molecule has 3 aliphatic rings. The third-order valence-electron chi connectivity index (χ3n) is 5.84. The lowest BCUT2D eigenvalue weighted by Crippen LogP contribution is -2.41. The zero-order valence-electron chi connectivity index (χ0n) is 14.5. The minimum Gasteiger partial charge on any atom is -0.350 e. The van der Waals surface area contributed by atoms with Gasteiger partial charge in [0.1, 0.15) is 6.54 Å². The number of hydrogen-bond acceptors (Lipinski definition) is 3. The topological polar surface area (TPSA) is 66.5 Å². The van der Waals surface area contributed by atoms with Gasteiger partial charge in [0.15, 0.2) is 0 Å². The second-order valence-corrected chi connectivity index (χ2v) is 7.47. The van der Waals surface area contributed by atoms with Crippen LogP contribution in [-0.4, -0.2) is 29.2 Å². The van der Waals surface area contributed by atoms with Crippen LogP contribution in [0.4, 0.5) is 0 Å². The molecule has 1 aliphatic heterocycles. The van der Waals surface area contributed by atoms with E-state index in [2.05, 4.69) is 23.5 Å². The average molecular weight is 338 g/mol. The van der Waals surface area contributed by atoms with Crippen LogP contribution in [0.15, 0.2) is 30.4 Å². The fourth-order valence-corrected chi connectivity index (χ4v) is 4.56. The molecule has 0 aromatic heterocycles. The SMILES string of the molecule is Cc1ccc(CNC(=O)CN2C(=O)[C@@H]3[C@H](C2=O)[C@H]2C=C[C@H]3C2)c(C)c1. The molecule has 2 bridgehead atoms. The van der Waals surface area contributed by atoms with E-state index in [0.29, 0.717) is 6.54 Å². The van der Waals surface area contributed by atoms with Gasteiger partial charge in [-0.1, -0.05) is 35.9 Å². The predicted molar refractivity (Wildman–Crippen MR) is 92.2 cm³/mol. The van der Waals surface area contributed by atoms with E-state index in [-0.39, 0.29) is 47.9 Å². The molecule has 4 rings (SSSR count). The van der Waals surface area contributed by atoms with E-state index >= 15 is 0 Å². The van der Waals surface area contributed by atoms with Crippen LogP contribution in [0.2, 0.25) is 0 Å². The van der Waals surface area contributed by atoms with Gasteiger partial charge in [0.25, 0.3) is 0 Å². The lowest BCUT2D eigenvalue weighted by molar-refractivity contribution is -0.144. The Morgan fingerprint density at radius 1 is 1.12 bits per heavy atom. The van der Waals surface area contributed by atoms with Gasteiger partial charge in [0.2, 0.25) is 17.7 Å². The minimum absolute atomic E-state index is 0.172. The second kappa shape index (κ2) is 5.83. The van der Waals surface area contributed by atoms with E-state index in [9.17, 15) is 14.4 Å². The molecule has 0 unspecified atom stereocenters. The van der Waals surface area contributed by atoms with Crippen molar-refractivity contribution in [2.45, 2.75) is 26.8 Å². The van der Waals surface area contributed by atoms with E-state index in [1.165, 1.54) is 10.5 Å². The molecule has 1 N–H and O–H groups in total. The molecule has 130 valence electrons. The Balaban J connectivity index is 1.38. The lowest BCUT2D eigenvalue weighted by atomic mass is 9.85. The van der Waals surface area contributed by atoms with Gasteiger partial charge in [-0.2, -0.15) is 0 Å². The van der Waals surface area contributed by atoms with Crippen molar-refractivity contribution in [3.63, 3.8) is 0 Å². The van der Waals surface area contributed by atoms with Crippen LogP contribution in [0.1, 0.15) is 23.1 Å². The Kier molecular flexibility index (Phi) is 3.74. The number of nitrogens with zero attached hydrogens (tertiary/aromatic N) is 1. The number of aryl methyl sites for hydroxylation is 2. The molecule has 4 atom stereocenters. The summed E-state index contributed by atoms with van der Waals surface area (Å²) in [6, 6.07) is 6.07. The van der Waals surface area contributed by atoms with Crippen LogP contribution in [0, 0.1) is 37.5 Å². The first-order valence-corrected chi connectivity index (χ1v) is 8.82. The maximum Gasteiger partial charge on any atom is 0.240 e. The largest absolute Gasteiger partial charge is 0.350 e. The summed E-state index contributed by atoms with van der Waals surface area (Å²) in [5.74, 6) is -0.766. The van der Waals surface area contributed by atoms with Crippen molar-refractivity contribution in [3.05, 3.63) is 47.0 Å². The first-order chi connectivity index (χ1) is 12.0. The van der Waals surface area contributed by atoms with Gasteiger partial charge >= 0.3 is 0 Å². The van der Waals surface area contributed by atoms with Gasteiger partial charge in [-0.3, -0.25) is 19.3 Å². The molecule has 1 aromatic carbocycles. The van der Waals surface area contributed by atoms with Crippen LogP contribution < -0.4 is 5.32 Å². The smallest absolute Gasteiger partial charge is 0.240 e. The number of carbonyl (C=O) groups excluding carboxylic acids is 3. The van der Waals surface area contributed by atoms with Crippen molar-refractivity contribution in [2.75, 3.05) is 6.54 Å². The van der Waals surface area contributed by atoms with E-state index in [1.807, 2.05) is 26.0 Å². The Morgan fingerprint density at radius 2 is 1.76 bits per heavy atom. The first-order valence-electron chi connectivity index (χ1n) is 8.82. The highest BCUT2D eigenvalue weighted by atomic mass is 16.2. The Hall–Kier alpha value is -2.43. The minimum atomic E-state index is -0.290. The molecule has 0 spiro atoms. The van der Waals surface area contributed by atoms with E-state index in [1.54, 1.807) is 0 Å². The highest BCUT2D eigenvalue weighted by Gasteiger charge is 2.59. The van der Waals surface area contributed by atoms with E-state index in [4.69, 9.17) is 0 Å². The van der Waals surface area contributed by atoms with Gasteiger partial charge < -0.3 is 5.32 Å². The fraction of sp³-hybridized carbons (Fsp3) is 0.450. The van der Waals surface area contributed by atoms with Crippen molar-refractivity contribution < 1.29 is 14.4 Å². The number of benzene rings is 1. The number of hydrogen-bond donors (Lipinski definition) is 1. The van der Waals surface area contributed by atoms with Gasteiger partial charge in [-0.25, -0.2) is 0 Å². The summed E-state index contributed by atoms with van der Waals surface area (Å²) in [5, 5.41) is 2.83. The zero-order valence-corrected chi connectivity index (χ0v) is 14.5. The van der Waals surface area contributed by atoms with E-state index < -0.39 is 0 Å². The number of imide groups is 1. The Morgan fingerprint density at radius 3 is 2.36 bits per heavy atom. The van der Waals surface area contributed by atoms with Gasteiger partial charge in [-0.15, -0.1) is 0 Å². The average Bonchev–Trinajstić information content (AvgIpc) is 3.24. The van der Waals surface area contributed by atoms with Crippen molar-refractivity contribution in [1.29, 1.82) is 0 Å². The number of amides is 3. The van der Waals surface area contributed by atoms with Crippen LogP contribution in [0.5, 0.6) is 0 Å². The summed E-state index contributed by atoms with van der Waals surface area (Å²) in [4.78, 5) is 38.6. The van der Waals surface area contributed by atoms with Gasteiger partial charge in [-0.05, 0) is 43.2 Å². The third kappa shape index (κ3) is 2.58. The summed E-state index contributed by atoms with van der Waals surface area (Å²) in [6.07, 6.45) is 5.01. The fourth-order valence-electron chi connectivity index (χ4n) is 4.56. The van der Waals surface area contributed by atoms with E-state index in [0.717, 1.165) is 17.5 Å². The van der Waals surface area contributed by atoms with Crippen LogP contribution in [0.25, 0.3) is 0 Å². The molecule has 1 aromatic rings. The second-order valence-electron chi connectivity index (χ2n) is 7.47. The molecular formula is C20H22N2O3. The predicted octanol–water partition coefficient (Wildman–Crippen LogP) is 1.73. The molecule has 3 amide bonds. The standard InChI is InChI=1S/C20H22N2O3/c1-11-3-4-15(12(2)7-11)9-21-16(23)10-22-19(24)17-13-5-6-14(8-13)18(17)20(22)25/h3-7,13-14,17-18H,8-10H2,1-2H3,(H,21,23)/t13-,14-,17-,18+/m0/s1. The molecule has 1 saturated carbocycles. The van der Waals surface area contributed by atoms with Crippen LogP contribution in [0.3, 0.4) is 0 Å². The summed E-state index contributed by atoms with van der Waals surface area (Å²) in [5.41, 5.74) is 3.33. The summed E-state index contributed by atoms with van der Waals surface area (Å²) in [6.45, 7) is 4.26. The summed E-state index contributed by atoms with van der Waals surface area (Å²) in [7, 11) is 0. The van der Waals surface area contributed by atoms with Crippen LogP contribution >= 0.6 is 0 Å². The molecule has 0 radical (unpaired) electrons. The molecule has 25 heavy (non-hydrogen) atoms. The quantitative estimate of drug-likeness (QED) is 0.671. The molecule has 1 heterocycles. The van der Waals surface area contributed by atoms with Crippen molar-refractivity contribution in [2.24, 2.45) is 23.7 Å². The first kappa shape index (κ1) is 16.1. The number of nitrogens with one attached hydrogen (secondary N) is 1. The van der Waals surface area contributed by atoms with Gasteiger partial charge in [0, 0.05) is 6.54 Å². The highest BCUT2D eigenvalue weighted by Crippen LogP contribution is 2.52. The molecule has 1 saturated heterocycles. The number of allylic oxidation sites excluding steroid dienone is 2. The lowest BCUT2D eigenvalue weighted by Gasteiger charge is -2.17. The molecule has 5 heteroatoms. The number of carbonyl (C=O) groups is 3. The normalized spacial score (nSPS) is 29.4. The summed E-state index contributed by atoms with van der Waals surface area (Å²) >= 11 is 0. The molecular weight excluding hydrogens is 316 g/mol. The van der Waals surface area contributed by atoms with Crippen LogP contribution in [-0.2, 0) is 20.9 Å². The highest BCUT2D eigenvalue weighted by molar-refractivity contribution is 6.08. The monoisotopic (exact) mass is 338 g/mol. The van der Waals surface area contributed by atoms with Crippen molar-refractivity contribution in [1.82, 2.24) is 10.2 Å². The maximum absolute atomic E-state index is 12.6. The van der Waals surface area contributed by atoms with Crippen molar-refractivity contribution >= 4 is 17.7 Å².